The first-order chi connectivity index (χ1) is 5.99. The third kappa shape index (κ3) is 3.46. The van der Waals surface area contributed by atoms with Gasteiger partial charge >= 0.3 is 0 Å². The zero-order chi connectivity index (χ0) is 9.90. The maximum absolute atomic E-state index is 11.0. The predicted molar refractivity (Wildman–Crippen MR) is 54.6 cm³/mol. The van der Waals surface area contributed by atoms with Gasteiger partial charge in [-0.3, -0.25) is 0 Å². The molecule has 4 heteroatoms. The van der Waals surface area contributed by atoms with E-state index in [9.17, 15) is 8.42 Å². The third-order valence-corrected chi connectivity index (χ3v) is 2.48. The first-order valence-electron chi connectivity index (χ1n) is 3.93. The second-order valence-corrected chi connectivity index (χ2v) is 5.20. The summed E-state index contributed by atoms with van der Waals surface area (Å²) in [5.41, 5.74) is 0.910. The molecule has 0 aliphatic heterocycles. The number of hydrogen-bond acceptors (Lipinski definition) is 3. The van der Waals surface area contributed by atoms with Gasteiger partial charge in [0.15, 0.2) is 9.84 Å². The second-order valence-electron chi connectivity index (χ2n) is 3.09. The largest absolute Gasteiger partial charge is 0.361 e. The van der Waals surface area contributed by atoms with Gasteiger partial charge in [-0.25, -0.2) is 8.42 Å². The monoisotopic (exact) mass is 199 g/mol. The highest BCUT2D eigenvalue weighted by Gasteiger charge is 2.07. The topological polar surface area (TPSA) is 37.4 Å². The van der Waals surface area contributed by atoms with Crippen LogP contribution in [0.15, 0.2) is 30.3 Å². The van der Waals surface area contributed by atoms with Crippen LogP contribution < -0.4 is 4.90 Å². The van der Waals surface area contributed by atoms with Gasteiger partial charge in [0, 0.05) is 19.0 Å². The molecule has 0 heterocycles. The Morgan fingerprint density at radius 1 is 1.23 bits per heavy atom. The van der Waals surface area contributed by atoms with Crippen LogP contribution in [0.1, 0.15) is 0 Å². The molecule has 0 radical (unpaired) electrons. The lowest BCUT2D eigenvalue weighted by Gasteiger charge is -2.17. The fraction of sp³-hybridized carbons (Fsp3) is 0.333. The van der Waals surface area contributed by atoms with E-state index < -0.39 is 9.84 Å². The Kier molecular flexibility index (Phi) is 2.93. The van der Waals surface area contributed by atoms with Crippen molar-refractivity contribution in [1.29, 1.82) is 0 Å². The summed E-state index contributed by atoms with van der Waals surface area (Å²) in [6, 6.07) is 9.43. The van der Waals surface area contributed by atoms with E-state index in [2.05, 4.69) is 0 Å². The fourth-order valence-corrected chi connectivity index (χ4v) is 1.96. The van der Waals surface area contributed by atoms with Crippen molar-refractivity contribution in [2.24, 2.45) is 0 Å². The summed E-state index contributed by atoms with van der Waals surface area (Å²) in [5.74, 6) is 0.0526. The molecular formula is C9H13NO2S. The van der Waals surface area contributed by atoms with E-state index in [4.69, 9.17) is 0 Å². The van der Waals surface area contributed by atoms with E-state index in [0.29, 0.717) is 0 Å². The number of benzene rings is 1. The minimum Gasteiger partial charge on any atom is -0.361 e. The van der Waals surface area contributed by atoms with Crippen molar-refractivity contribution in [1.82, 2.24) is 0 Å². The average molecular weight is 199 g/mol. The van der Waals surface area contributed by atoms with Gasteiger partial charge in [-0.2, -0.15) is 0 Å². The van der Waals surface area contributed by atoms with Crippen LogP contribution in [-0.2, 0) is 9.84 Å². The van der Waals surface area contributed by atoms with E-state index in [0.717, 1.165) is 5.69 Å². The number of sulfone groups is 1. The number of rotatable bonds is 3. The molecule has 0 amide bonds. The molecule has 0 aliphatic rings. The van der Waals surface area contributed by atoms with Crippen LogP contribution in [0.3, 0.4) is 0 Å². The summed E-state index contributed by atoms with van der Waals surface area (Å²) in [6.07, 6.45) is 1.23. The van der Waals surface area contributed by atoms with Crippen LogP contribution >= 0.6 is 0 Å². The average Bonchev–Trinajstić information content (AvgIpc) is 2.03. The van der Waals surface area contributed by atoms with Crippen molar-refractivity contribution in [3.8, 4) is 0 Å². The zero-order valence-electron chi connectivity index (χ0n) is 7.77. The van der Waals surface area contributed by atoms with Crippen LogP contribution in [0.2, 0.25) is 0 Å². The molecule has 1 rings (SSSR count). The maximum Gasteiger partial charge on any atom is 0.165 e. The molecule has 0 fully saturated rings. The second kappa shape index (κ2) is 3.79. The molecule has 0 atom stereocenters. The maximum atomic E-state index is 11.0. The number of anilines is 1. The van der Waals surface area contributed by atoms with Gasteiger partial charge < -0.3 is 4.90 Å². The summed E-state index contributed by atoms with van der Waals surface area (Å²) in [6.45, 7) is 0. The van der Waals surface area contributed by atoms with Gasteiger partial charge in [0.05, 0.1) is 0 Å². The molecule has 0 N–H and O–H groups in total. The summed E-state index contributed by atoms with van der Waals surface area (Å²) in [4.78, 5) is 1.70. The lowest BCUT2D eigenvalue weighted by molar-refractivity contribution is 0.601. The van der Waals surface area contributed by atoms with Crippen molar-refractivity contribution in [2.45, 2.75) is 0 Å². The van der Waals surface area contributed by atoms with Crippen LogP contribution in [0.5, 0.6) is 0 Å². The Hall–Kier alpha value is -1.03. The molecular weight excluding hydrogens is 186 g/mol. The van der Waals surface area contributed by atoms with Crippen molar-refractivity contribution in [2.75, 3.05) is 24.1 Å². The molecule has 0 aliphatic carbocycles. The molecule has 1 aromatic carbocycles. The van der Waals surface area contributed by atoms with Gasteiger partial charge in [0.1, 0.15) is 5.88 Å². The Morgan fingerprint density at radius 2 is 1.77 bits per heavy atom. The minimum absolute atomic E-state index is 0.0526. The van der Waals surface area contributed by atoms with Crippen molar-refractivity contribution in [3.05, 3.63) is 30.3 Å². The quantitative estimate of drug-likeness (QED) is 0.732. The molecule has 0 saturated carbocycles. The summed E-state index contributed by atoms with van der Waals surface area (Å²) in [7, 11) is -1.19. The first-order valence-corrected chi connectivity index (χ1v) is 5.99. The summed E-state index contributed by atoms with van der Waals surface area (Å²) < 4.78 is 21.9. The standard InChI is InChI=1S/C9H13NO2S/c1-10(8-13(2,11)12)9-6-4-3-5-7-9/h3-7H,8H2,1-2H3. The smallest absolute Gasteiger partial charge is 0.165 e. The van der Waals surface area contributed by atoms with Gasteiger partial charge in [-0.05, 0) is 12.1 Å². The number of nitrogens with zero attached hydrogens (tertiary/aromatic N) is 1. The van der Waals surface area contributed by atoms with Crippen LogP contribution in [0.4, 0.5) is 5.69 Å². The lowest BCUT2D eigenvalue weighted by Crippen LogP contribution is -2.24. The van der Waals surface area contributed by atoms with E-state index >= 15 is 0 Å². The van der Waals surface area contributed by atoms with Gasteiger partial charge in [-0.15, -0.1) is 0 Å². The normalized spacial score (nSPS) is 11.2. The van der Waals surface area contributed by atoms with Gasteiger partial charge in [-0.1, -0.05) is 18.2 Å². The Bertz CT molecular complexity index is 358. The van der Waals surface area contributed by atoms with Gasteiger partial charge in [0.25, 0.3) is 0 Å². The van der Waals surface area contributed by atoms with E-state index in [1.165, 1.54) is 6.26 Å². The highest BCUT2D eigenvalue weighted by atomic mass is 32.2. The Labute approximate surface area is 78.9 Å². The Morgan fingerprint density at radius 3 is 2.23 bits per heavy atom. The van der Waals surface area contributed by atoms with Crippen LogP contribution in [-0.4, -0.2) is 27.6 Å². The molecule has 3 nitrogen and oxygen atoms in total. The molecule has 13 heavy (non-hydrogen) atoms. The SMILES string of the molecule is CN(CS(C)(=O)=O)c1ccccc1. The van der Waals surface area contributed by atoms with E-state index in [1.807, 2.05) is 30.3 Å². The Balaban J connectivity index is 2.76. The predicted octanol–water partition coefficient (Wildman–Crippen LogP) is 1.12. The third-order valence-electron chi connectivity index (χ3n) is 1.63. The lowest BCUT2D eigenvalue weighted by atomic mass is 10.3. The van der Waals surface area contributed by atoms with Crippen molar-refractivity contribution >= 4 is 15.5 Å². The minimum atomic E-state index is -2.95. The fourth-order valence-electron chi connectivity index (χ4n) is 1.11. The molecule has 0 unspecified atom stereocenters. The first kappa shape index (κ1) is 10.1. The van der Waals surface area contributed by atoms with Crippen molar-refractivity contribution < 1.29 is 8.42 Å². The highest BCUT2D eigenvalue weighted by Crippen LogP contribution is 2.11. The molecule has 1 aromatic rings. The van der Waals surface area contributed by atoms with Gasteiger partial charge in [0.2, 0.25) is 0 Å². The zero-order valence-corrected chi connectivity index (χ0v) is 8.58. The molecule has 0 aromatic heterocycles. The number of hydrogen-bond donors (Lipinski definition) is 0. The highest BCUT2D eigenvalue weighted by molar-refractivity contribution is 7.90. The van der Waals surface area contributed by atoms with Crippen LogP contribution in [0.25, 0.3) is 0 Å². The van der Waals surface area contributed by atoms with E-state index in [1.54, 1.807) is 11.9 Å². The number of para-hydroxylation sites is 1. The summed E-state index contributed by atoms with van der Waals surface area (Å²) >= 11 is 0. The molecule has 0 saturated heterocycles. The van der Waals surface area contributed by atoms with E-state index in [-0.39, 0.29) is 5.88 Å². The molecule has 0 spiro atoms. The molecule has 72 valence electrons. The summed E-state index contributed by atoms with van der Waals surface area (Å²) in [5, 5.41) is 0. The van der Waals surface area contributed by atoms with Crippen molar-refractivity contribution in [3.63, 3.8) is 0 Å². The molecule has 0 bridgehead atoms. The van der Waals surface area contributed by atoms with Crippen LogP contribution in [0, 0.1) is 0 Å².